The number of rotatable bonds is 1. The molecule has 0 aromatic carbocycles. The maximum Gasteiger partial charge on any atom is 0.401 e. The van der Waals surface area contributed by atoms with Crippen molar-refractivity contribution in [2.75, 3.05) is 32.8 Å². The first-order chi connectivity index (χ1) is 7.49. The maximum atomic E-state index is 12.2. The van der Waals surface area contributed by atoms with Crippen molar-refractivity contribution in [3.63, 3.8) is 0 Å². The quantitative estimate of drug-likeness (QED) is 0.696. The molecule has 6 heteroatoms. The lowest BCUT2D eigenvalue weighted by atomic mass is 10.1. The Morgan fingerprint density at radius 1 is 1.06 bits per heavy atom. The van der Waals surface area contributed by atoms with Crippen LogP contribution in [-0.2, 0) is 9.47 Å². The zero-order chi connectivity index (χ0) is 11.6. The van der Waals surface area contributed by atoms with Crippen LogP contribution < -0.4 is 0 Å². The number of halogens is 3. The van der Waals surface area contributed by atoms with E-state index in [0.717, 1.165) is 0 Å². The van der Waals surface area contributed by atoms with Crippen LogP contribution in [-0.4, -0.2) is 49.7 Å². The Bertz CT molecular complexity index is 239. The summed E-state index contributed by atoms with van der Waals surface area (Å²) in [5.41, 5.74) is 0. The molecule has 2 aliphatic rings. The molecule has 0 aromatic heterocycles. The fourth-order valence-electron chi connectivity index (χ4n) is 2.33. The van der Waals surface area contributed by atoms with Gasteiger partial charge in [0.2, 0.25) is 0 Å². The van der Waals surface area contributed by atoms with E-state index in [1.807, 2.05) is 0 Å². The van der Waals surface area contributed by atoms with Crippen molar-refractivity contribution in [1.29, 1.82) is 0 Å². The summed E-state index contributed by atoms with van der Waals surface area (Å²) in [6.07, 6.45) is -2.20. The topological polar surface area (TPSA) is 21.7 Å². The fourth-order valence-corrected chi connectivity index (χ4v) is 2.33. The van der Waals surface area contributed by atoms with Gasteiger partial charge >= 0.3 is 6.18 Å². The van der Waals surface area contributed by atoms with Gasteiger partial charge in [0.1, 0.15) is 0 Å². The maximum absolute atomic E-state index is 12.2. The van der Waals surface area contributed by atoms with Crippen LogP contribution in [0.2, 0.25) is 0 Å². The molecule has 2 fully saturated rings. The lowest BCUT2D eigenvalue weighted by molar-refractivity contribution is -0.168. The number of alkyl halides is 3. The highest BCUT2D eigenvalue weighted by atomic mass is 19.4. The van der Waals surface area contributed by atoms with E-state index in [4.69, 9.17) is 9.47 Å². The highest BCUT2D eigenvalue weighted by Crippen LogP contribution is 2.32. The standard InChI is InChI=1S/C10H16F3NO2/c11-10(12,13)8-14-4-1-2-9(3-5-14)15-6-7-16-9/h1-8H2. The van der Waals surface area contributed by atoms with E-state index in [-0.39, 0.29) is 0 Å². The lowest BCUT2D eigenvalue weighted by Crippen LogP contribution is -2.36. The van der Waals surface area contributed by atoms with Crippen LogP contribution in [0.25, 0.3) is 0 Å². The molecule has 2 rings (SSSR count). The zero-order valence-corrected chi connectivity index (χ0v) is 9.05. The molecule has 2 saturated heterocycles. The summed E-state index contributed by atoms with van der Waals surface area (Å²) in [5, 5.41) is 0. The Hall–Kier alpha value is -0.330. The second-order valence-electron chi connectivity index (χ2n) is 4.35. The third-order valence-corrected chi connectivity index (χ3v) is 3.06. The molecule has 2 heterocycles. The average Bonchev–Trinajstić information content (AvgIpc) is 2.52. The van der Waals surface area contributed by atoms with E-state index >= 15 is 0 Å². The van der Waals surface area contributed by atoms with Crippen LogP contribution in [0.1, 0.15) is 19.3 Å². The van der Waals surface area contributed by atoms with Crippen LogP contribution in [0.4, 0.5) is 13.2 Å². The Kier molecular flexibility index (Phi) is 3.42. The predicted octanol–water partition coefficient (Wildman–Crippen LogP) is 1.78. The van der Waals surface area contributed by atoms with Gasteiger partial charge in [0.15, 0.2) is 5.79 Å². The normalized spacial score (nSPS) is 27.2. The summed E-state index contributed by atoms with van der Waals surface area (Å²) in [5.74, 6) is -0.597. The molecule has 16 heavy (non-hydrogen) atoms. The van der Waals surface area contributed by atoms with Gasteiger partial charge in [-0.15, -0.1) is 0 Å². The van der Waals surface area contributed by atoms with E-state index in [9.17, 15) is 13.2 Å². The molecule has 0 unspecified atom stereocenters. The number of hydrogen-bond acceptors (Lipinski definition) is 3. The molecule has 0 aliphatic carbocycles. The predicted molar refractivity (Wildman–Crippen MR) is 51.0 cm³/mol. The summed E-state index contributed by atoms with van der Waals surface area (Å²) >= 11 is 0. The Morgan fingerprint density at radius 3 is 2.38 bits per heavy atom. The molecule has 3 nitrogen and oxygen atoms in total. The van der Waals surface area contributed by atoms with Gasteiger partial charge in [-0.1, -0.05) is 0 Å². The third kappa shape index (κ3) is 3.09. The van der Waals surface area contributed by atoms with Crippen molar-refractivity contribution in [2.24, 2.45) is 0 Å². The minimum atomic E-state index is -4.12. The molecule has 94 valence electrons. The van der Waals surface area contributed by atoms with Gasteiger partial charge in [0, 0.05) is 19.4 Å². The Labute approximate surface area is 92.5 Å². The first-order valence-electron chi connectivity index (χ1n) is 5.56. The molecule has 1 spiro atoms. The van der Waals surface area contributed by atoms with E-state index in [1.54, 1.807) is 0 Å². The molecule has 0 amide bonds. The first kappa shape index (κ1) is 12.1. The minimum absolute atomic E-state index is 0.388. The Morgan fingerprint density at radius 2 is 1.75 bits per heavy atom. The van der Waals surface area contributed by atoms with Crippen LogP contribution in [0.15, 0.2) is 0 Å². The largest absolute Gasteiger partial charge is 0.401 e. The van der Waals surface area contributed by atoms with Crippen LogP contribution in [0.3, 0.4) is 0 Å². The van der Waals surface area contributed by atoms with Gasteiger partial charge in [0.05, 0.1) is 19.8 Å². The molecular weight excluding hydrogens is 223 g/mol. The van der Waals surface area contributed by atoms with Gasteiger partial charge in [-0.05, 0) is 13.0 Å². The molecular formula is C10H16F3NO2. The van der Waals surface area contributed by atoms with Crippen LogP contribution >= 0.6 is 0 Å². The van der Waals surface area contributed by atoms with Gasteiger partial charge < -0.3 is 9.47 Å². The van der Waals surface area contributed by atoms with Gasteiger partial charge in [-0.2, -0.15) is 13.2 Å². The SMILES string of the molecule is FC(F)(F)CN1CCCC2(CC1)OCCO2. The number of ether oxygens (including phenoxy) is 2. The van der Waals surface area contributed by atoms with Crippen molar-refractivity contribution in [3.05, 3.63) is 0 Å². The highest BCUT2D eigenvalue weighted by Gasteiger charge is 2.39. The third-order valence-electron chi connectivity index (χ3n) is 3.06. The molecule has 0 atom stereocenters. The summed E-state index contributed by atoms with van der Waals surface area (Å²) in [6.45, 7) is 1.13. The second kappa shape index (κ2) is 4.50. The first-order valence-corrected chi connectivity index (χ1v) is 5.56. The van der Waals surface area contributed by atoms with Crippen LogP contribution in [0.5, 0.6) is 0 Å². The smallest absolute Gasteiger partial charge is 0.347 e. The second-order valence-corrected chi connectivity index (χ2v) is 4.35. The summed E-state index contributed by atoms with van der Waals surface area (Å²) < 4.78 is 47.7. The number of nitrogens with zero attached hydrogens (tertiary/aromatic N) is 1. The summed E-state index contributed by atoms with van der Waals surface area (Å²) in [7, 11) is 0. The molecule has 0 aromatic rings. The van der Waals surface area contributed by atoms with Crippen LogP contribution in [0, 0.1) is 0 Å². The average molecular weight is 239 g/mol. The molecule has 2 aliphatic heterocycles. The van der Waals surface area contributed by atoms with Gasteiger partial charge in [0.25, 0.3) is 0 Å². The molecule has 0 radical (unpaired) electrons. The lowest BCUT2D eigenvalue weighted by Gasteiger charge is -2.26. The van der Waals surface area contributed by atoms with E-state index < -0.39 is 18.5 Å². The van der Waals surface area contributed by atoms with Crippen molar-refractivity contribution in [3.8, 4) is 0 Å². The molecule has 0 saturated carbocycles. The van der Waals surface area contributed by atoms with E-state index in [1.165, 1.54) is 4.90 Å². The number of likely N-dealkylation sites (tertiary alicyclic amines) is 1. The highest BCUT2D eigenvalue weighted by molar-refractivity contribution is 4.81. The van der Waals surface area contributed by atoms with Gasteiger partial charge in [-0.25, -0.2) is 0 Å². The van der Waals surface area contributed by atoms with Crippen molar-refractivity contribution < 1.29 is 22.6 Å². The minimum Gasteiger partial charge on any atom is -0.347 e. The van der Waals surface area contributed by atoms with Crippen molar-refractivity contribution in [2.45, 2.75) is 31.2 Å². The Balaban J connectivity index is 1.88. The number of hydrogen-bond donors (Lipinski definition) is 0. The summed E-state index contributed by atoms with van der Waals surface area (Å²) in [4.78, 5) is 1.43. The van der Waals surface area contributed by atoms with Crippen molar-refractivity contribution >= 4 is 0 Å². The molecule has 0 N–H and O–H groups in total. The van der Waals surface area contributed by atoms with E-state index in [2.05, 4.69) is 0 Å². The fraction of sp³-hybridized carbons (Fsp3) is 1.00. The zero-order valence-electron chi connectivity index (χ0n) is 9.05. The van der Waals surface area contributed by atoms with Gasteiger partial charge in [-0.3, -0.25) is 4.90 Å². The monoisotopic (exact) mass is 239 g/mol. The summed E-state index contributed by atoms with van der Waals surface area (Å²) in [6, 6.07) is 0. The van der Waals surface area contributed by atoms with E-state index in [0.29, 0.717) is 45.6 Å². The van der Waals surface area contributed by atoms with Crippen molar-refractivity contribution in [1.82, 2.24) is 4.90 Å². The molecule has 0 bridgehead atoms.